The number of ether oxygens (including phenoxy) is 3. The summed E-state index contributed by atoms with van der Waals surface area (Å²) in [6.07, 6.45) is 0. The maximum absolute atomic E-state index is 12.3. The maximum Gasteiger partial charge on any atom is 0.313 e. The molecule has 0 fully saturated rings. The molecule has 0 aliphatic heterocycles. The van der Waals surface area contributed by atoms with Gasteiger partial charge in [0.1, 0.15) is 5.75 Å². The third-order valence-electron chi connectivity index (χ3n) is 4.10. The minimum atomic E-state index is -0.990. The lowest BCUT2D eigenvalue weighted by atomic mass is 10.1. The van der Waals surface area contributed by atoms with Crippen LogP contribution in [0.15, 0.2) is 36.4 Å². The Labute approximate surface area is 166 Å². The highest BCUT2D eigenvalue weighted by Gasteiger charge is 2.21. The number of nitro groups is 1. The van der Waals surface area contributed by atoms with Gasteiger partial charge in [0.25, 0.3) is 5.69 Å². The molecular formula is C19H21N3O7. The second-order valence-electron chi connectivity index (χ2n) is 5.91. The average molecular weight is 403 g/mol. The molecule has 10 heteroatoms. The molecule has 2 rings (SSSR count). The number of methoxy groups -OCH3 is 3. The molecule has 0 aliphatic rings. The van der Waals surface area contributed by atoms with Crippen LogP contribution < -0.4 is 24.8 Å². The van der Waals surface area contributed by atoms with Crippen molar-refractivity contribution in [3.63, 3.8) is 0 Å². The highest BCUT2D eigenvalue weighted by atomic mass is 16.6. The molecular weight excluding hydrogens is 382 g/mol. The molecule has 154 valence electrons. The largest absolute Gasteiger partial charge is 0.495 e. The fourth-order valence-corrected chi connectivity index (χ4v) is 2.55. The fourth-order valence-electron chi connectivity index (χ4n) is 2.55. The normalized spacial score (nSPS) is 11.2. The highest BCUT2D eigenvalue weighted by molar-refractivity contribution is 6.39. The Kier molecular flexibility index (Phi) is 6.96. The van der Waals surface area contributed by atoms with Crippen LogP contribution in [-0.4, -0.2) is 38.1 Å². The van der Waals surface area contributed by atoms with Gasteiger partial charge >= 0.3 is 11.8 Å². The first-order valence-corrected chi connectivity index (χ1v) is 8.46. The smallest absolute Gasteiger partial charge is 0.313 e. The van der Waals surface area contributed by atoms with Gasteiger partial charge in [0.15, 0.2) is 11.5 Å². The maximum atomic E-state index is 12.3. The first kappa shape index (κ1) is 21.5. The Bertz CT molecular complexity index is 930. The van der Waals surface area contributed by atoms with Gasteiger partial charge in [-0.15, -0.1) is 0 Å². The standard InChI is InChI=1S/C19H21N3O7/c1-11(12-5-7-16(28-3)17(9-12)29-4)20-18(23)19(24)21-14-10-13(22(25)26)6-8-15(14)27-2/h5-11H,1-4H3,(H,20,23)(H,21,24). The van der Waals surface area contributed by atoms with E-state index in [1.807, 2.05) is 0 Å². The number of nitrogens with zero attached hydrogens (tertiary/aromatic N) is 1. The van der Waals surface area contributed by atoms with Crippen molar-refractivity contribution in [2.24, 2.45) is 0 Å². The van der Waals surface area contributed by atoms with E-state index in [1.54, 1.807) is 25.1 Å². The summed E-state index contributed by atoms with van der Waals surface area (Å²) in [4.78, 5) is 34.8. The Morgan fingerprint density at radius 1 is 0.931 bits per heavy atom. The van der Waals surface area contributed by atoms with Crippen LogP contribution in [0, 0.1) is 10.1 Å². The number of nitro benzene ring substituents is 1. The number of anilines is 1. The van der Waals surface area contributed by atoms with Crippen molar-refractivity contribution < 1.29 is 28.7 Å². The van der Waals surface area contributed by atoms with E-state index in [2.05, 4.69) is 10.6 Å². The van der Waals surface area contributed by atoms with Gasteiger partial charge in [-0.1, -0.05) is 6.07 Å². The molecule has 0 aliphatic carbocycles. The average Bonchev–Trinajstić information content (AvgIpc) is 2.72. The summed E-state index contributed by atoms with van der Waals surface area (Å²) >= 11 is 0. The molecule has 2 N–H and O–H groups in total. The van der Waals surface area contributed by atoms with E-state index in [9.17, 15) is 19.7 Å². The molecule has 1 atom stereocenters. The zero-order valence-corrected chi connectivity index (χ0v) is 16.3. The molecule has 0 radical (unpaired) electrons. The molecule has 1 unspecified atom stereocenters. The van der Waals surface area contributed by atoms with E-state index in [-0.39, 0.29) is 17.1 Å². The predicted octanol–water partition coefficient (Wildman–Crippen LogP) is 2.44. The lowest BCUT2D eigenvalue weighted by Crippen LogP contribution is -2.37. The van der Waals surface area contributed by atoms with Crippen LogP contribution in [0.1, 0.15) is 18.5 Å². The summed E-state index contributed by atoms with van der Waals surface area (Å²) in [6.45, 7) is 1.69. The molecule has 0 saturated carbocycles. The number of hydrogen-bond donors (Lipinski definition) is 2. The van der Waals surface area contributed by atoms with Crippen molar-refractivity contribution >= 4 is 23.2 Å². The van der Waals surface area contributed by atoms with Crippen molar-refractivity contribution in [1.82, 2.24) is 5.32 Å². The molecule has 0 spiro atoms. The van der Waals surface area contributed by atoms with Gasteiger partial charge in [0, 0.05) is 12.1 Å². The van der Waals surface area contributed by atoms with Crippen molar-refractivity contribution in [2.75, 3.05) is 26.6 Å². The van der Waals surface area contributed by atoms with Gasteiger partial charge in [-0.3, -0.25) is 19.7 Å². The predicted molar refractivity (Wildman–Crippen MR) is 104 cm³/mol. The molecule has 0 aromatic heterocycles. The SMILES string of the molecule is COc1ccc([N+](=O)[O-])cc1NC(=O)C(=O)NC(C)c1ccc(OC)c(OC)c1. The Hall–Kier alpha value is -3.82. The second-order valence-corrected chi connectivity index (χ2v) is 5.91. The van der Waals surface area contributed by atoms with Crippen molar-refractivity contribution in [2.45, 2.75) is 13.0 Å². The van der Waals surface area contributed by atoms with Gasteiger partial charge in [0.05, 0.1) is 38.0 Å². The number of benzene rings is 2. The van der Waals surface area contributed by atoms with Crippen molar-refractivity contribution in [1.29, 1.82) is 0 Å². The van der Waals surface area contributed by atoms with Crippen LogP contribution >= 0.6 is 0 Å². The molecule has 2 aromatic carbocycles. The minimum absolute atomic E-state index is 0.0145. The van der Waals surface area contributed by atoms with Crippen LogP contribution in [0.5, 0.6) is 17.2 Å². The summed E-state index contributed by atoms with van der Waals surface area (Å²) in [7, 11) is 4.34. The van der Waals surface area contributed by atoms with E-state index >= 15 is 0 Å². The van der Waals surface area contributed by atoms with E-state index in [0.29, 0.717) is 17.1 Å². The van der Waals surface area contributed by atoms with Gasteiger partial charge in [-0.25, -0.2) is 0 Å². The Morgan fingerprint density at radius 3 is 2.14 bits per heavy atom. The van der Waals surface area contributed by atoms with Crippen molar-refractivity contribution in [3.05, 3.63) is 52.1 Å². The summed E-state index contributed by atoms with van der Waals surface area (Å²) in [5.74, 6) is -0.705. The lowest BCUT2D eigenvalue weighted by molar-refractivity contribution is -0.384. The topological polar surface area (TPSA) is 129 Å². The molecule has 2 amide bonds. The van der Waals surface area contributed by atoms with Gasteiger partial charge in [-0.2, -0.15) is 0 Å². The van der Waals surface area contributed by atoms with Crippen LogP contribution in [0.4, 0.5) is 11.4 Å². The zero-order valence-electron chi connectivity index (χ0n) is 16.3. The first-order valence-electron chi connectivity index (χ1n) is 8.46. The quantitative estimate of drug-likeness (QED) is 0.413. The van der Waals surface area contributed by atoms with Crippen LogP contribution in [0.25, 0.3) is 0 Å². The lowest BCUT2D eigenvalue weighted by Gasteiger charge is -2.16. The van der Waals surface area contributed by atoms with Crippen LogP contribution in [-0.2, 0) is 9.59 Å². The van der Waals surface area contributed by atoms with E-state index in [4.69, 9.17) is 14.2 Å². The third kappa shape index (κ3) is 5.12. The molecule has 0 saturated heterocycles. The zero-order chi connectivity index (χ0) is 21.6. The van der Waals surface area contributed by atoms with Crippen molar-refractivity contribution in [3.8, 4) is 17.2 Å². The van der Waals surface area contributed by atoms with E-state index < -0.39 is 22.8 Å². The second kappa shape index (κ2) is 9.40. The van der Waals surface area contributed by atoms with Gasteiger partial charge in [0.2, 0.25) is 0 Å². The summed E-state index contributed by atoms with van der Waals surface area (Å²) in [6, 6.07) is 8.26. The van der Waals surface area contributed by atoms with Crippen LogP contribution in [0.3, 0.4) is 0 Å². The van der Waals surface area contributed by atoms with Gasteiger partial charge < -0.3 is 24.8 Å². The minimum Gasteiger partial charge on any atom is -0.495 e. The first-order chi connectivity index (χ1) is 13.8. The number of hydrogen-bond acceptors (Lipinski definition) is 7. The number of amides is 2. The van der Waals surface area contributed by atoms with E-state index in [1.165, 1.54) is 33.5 Å². The number of rotatable bonds is 7. The Morgan fingerprint density at radius 2 is 1.55 bits per heavy atom. The summed E-state index contributed by atoms with van der Waals surface area (Å²) in [5.41, 5.74) is 0.456. The van der Waals surface area contributed by atoms with Crippen LogP contribution in [0.2, 0.25) is 0 Å². The highest BCUT2D eigenvalue weighted by Crippen LogP contribution is 2.30. The number of nitrogens with one attached hydrogen (secondary N) is 2. The fraction of sp³-hybridized carbons (Fsp3) is 0.263. The summed E-state index contributed by atoms with van der Waals surface area (Å²) in [5, 5.41) is 15.8. The molecule has 2 aromatic rings. The molecule has 0 bridgehead atoms. The summed E-state index contributed by atoms with van der Waals surface area (Å²) < 4.78 is 15.5. The number of carbonyl (C=O) groups is 2. The van der Waals surface area contributed by atoms with Gasteiger partial charge in [-0.05, 0) is 30.7 Å². The molecule has 10 nitrogen and oxygen atoms in total. The Balaban J connectivity index is 2.12. The molecule has 0 heterocycles. The number of carbonyl (C=O) groups excluding carboxylic acids is 2. The third-order valence-corrected chi connectivity index (χ3v) is 4.10. The number of non-ortho nitro benzene ring substituents is 1. The molecule has 29 heavy (non-hydrogen) atoms. The van der Waals surface area contributed by atoms with E-state index in [0.717, 1.165) is 6.07 Å². The monoisotopic (exact) mass is 403 g/mol.